The summed E-state index contributed by atoms with van der Waals surface area (Å²) in [6.07, 6.45) is 3.09. The summed E-state index contributed by atoms with van der Waals surface area (Å²) in [5.41, 5.74) is 7.60. The fourth-order valence-electron chi connectivity index (χ4n) is 1.34. The second-order valence-corrected chi connectivity index (χ2v) is 4.32. The van der Waals surface area contributed by atoms with Gasteiger partial charge in [-0.25, -0.2) is 0 Å². The third-order valence-electron chi connectivity index (χ3n) is 2.50. The fourth-order valence-corrected chi connectivity index (χ4v) is 1.34. The van der Waals surface area contributed by atoms with Gasteiger partial charge in [0.05, 0.1) is 17.6 Å². The zero-order valence-corrected chi connectivity index (χ0v) is 9.90. The average molecular weight is 207 g/mol. The maximum Gasteiger partial charge on any atom is 0.0550 e. The van der Waals surface area contributed by atoms with Crippen LogP contribution in [0.1, 0.15) is 26.0 Å². The Morgan fingerprint density at radius 3 is 2.60 bits per heavy atom. The Bertz CT molecular complexity index is 279. The lowest BCUT2D eigenvalue weighted by atomic mass is 10.1. The van der Waals surface area contributed by atoms with Crippen LogP contribution in [0.4, 0.5) is 5.69 Å². The van der Waals surface area contributed by atoms with Crippen LogP contribution in [0.2, 0.25) is 0 Å². The Balaban J connectivity index is 2.54. The molecule has 0 fully saturated rings. The molecule has 0 aliphatic heterocycles. The molecule has 15 heavy (non-hydrogen) atoms. The summed E-state index contributed by atoms with van der Waals surface area (Å²) in [6, 6.07) is 4.07. The first-order valence-electron chi connectivity index (χ1n) is 5.49. The van der Waals surface area contributed by atoms with Crippen LogP contribution in [0.15, 0.2) is 18.3 Å². The van der Waals surface area contributed by atoms with E-state index in [1.165, 1.54) is 6.42 Å². The molecule has 0 unspecified atom stereocenters. The van der Waals surface area contributed by atoms with E-state index < -0.39 is 0 Å². The van der Waals surface area contributed by atoms with Gasteiger partial charge in [0.25, 0.3) is 0 Å². The highest BCUT2D eigenvalue weighted by molar-refractivity contribution is 5.43. The first-order chi connectivity index (χ1) is 7.13. The topological polar surface area (TPSA) is 42.1 Å². The van der Waals surface area contributed by atoms with Gasteiger partial charge in [0.15, 0.2) is 0 Å². The van der Waals surface area contributed by atoms with Crippen molar-refractivity contribution in [1.29, 1.82) is 0 Å². The summed E-state index contributed by atoms with van der Waals surface area (Å²) in [6.45, 7) is 6.06. The minimum absolute atomic E-state index is 0.510. The van der Waals surface area contributed by atoms with Crippen LogP contribution in [0.3, 0.4) is 0 Å². The molecule has 3 nitrogen and oxygen atoms in total. The van der Waals surface area contributed by atoms with Crippen LogP contribution in [-0.2, 0) is 6.54 Å². The largest absolute Gasteiger partial charge is 0.373 e. The summed E-state index contributed by atoms with van der Waals surface area (Å²) in [5, 5.41) is 0. The van der Waals surface area contributed by atoms with Gasteiger partial charge in [-0.2, -0.15) is 0 Å². The number of rotatable bonds is 5. The van der Waals surface area contributed by atoms with Gasteiger partial charge in [0.1, 0.15) is 0 Å². The molecule has 1 heterocycles. The maximum atomic E-state index is 5.50. The third kappa shape index (κ3) is 3.88. The number of nitrogens with zero attached hydrogens (tertiary/aromatic N) is 2. The van der Waals surface area contributed by atoms with Gasteiger partial charge < -0.3 is 10.6 Å². The van der Waals surface area contributed by atoms with Crippen molar-refractivity contribution in [3.05, 3.63) is 24.0 Å². The van der Waals surface area contributed by atoms with Crippen molar-refractivity contribution >= 4 is 5.69 Å². The molecule has 84 valence electrons. The monoisotopic (exact) mass is 207 g/mol. The van der Waals surface area contributed by atoms with Crippen molar-refractivity contribution in [1.82, 2.24) is 4.98 Å². The van der Waals surface area contributed by atoms with Crippen molar-refractivity contribution in [2.75, 3.05) is 18.5 Å². The summed E-state index contributed by atoms with van der Waals surface area (Å²) in [7, 11) is 2.10. The Morgan fingerprint density at radius 1 is 1.40 bits per heavy atom. The third-order valence-corrected chi connectivity index (χ3v) is 2.50. The molecular formula is C12H21N3. The van der Waals surface area contributed by atoms with E-state index in [-0.39, 0.29) is 0 Å². The quantitative estimate of drug-likeness (QED) is 0.803. The number of aromatic nitrogens is 1. The Kier molecular flexibility index (Phi) is 4.56. The lowest BCUT2D eigenvalue weighted by Crippen LogP contribution is -2.20. The average Bonchev–Trinajstić information content (AvgIpc) is 2.26. The molecule has 0 aromatic carbocycles. The molecule has 0 bridgehead atoms. The SMILES string of the molecule is CC(C)CCN(C)c1ccc(CN)nc1. The van der Waals surface area contributed by atoms with E-state index in [2.05, 4.69) is 36.8 Å². The number of anilines is 1. The zero-order valence-electron chi connectivity index (χ0n) is 9.90. The van der Waals surface area contributed by atoms with Crippen molar-refractivity contribution in [3.63, 3.8) is 0 Å². The van der Waals surface area contributed by atoms with E-state index in [1.807, 2.05) is 12.3 Å². The van der Waals surface area contributed by atoms with Crippen molar-refractivity contribution in [2.45, 2.75) is 26.8 Å². The standard InChI is InChI=1S/C12H21N3/c1-10(2)6-7-15(3)12-5-4-11(8-13)14-9-12/h4-5,9-10H,6-8,13H2,1-3H3. The summed E-state index contributed by atoms with van der Waals surface area (Å²) in [5.74, 6) is 0.740. The molecular weight excluding hydrogens is 186 g/mol. The van der Waals surface area contributed by atoms with Crippen molar-refractivity contribution < 1.29 is 0 Å². The molecule has 1 aromatic heterocycles. The van der Waals surface area contributed by atoms with Gasteiger partial charge in [0, 0.05) is 20.1 Å². The molecule has 0 amide bonds. The highest BCUT2D eigenvalue weighted by Gasteiger charge is 2.02. The van der Waals surface area contributed by atoms with Crippen LogP contribution in [0, 0.1) is 5.92 Å². The summed E-state index contributed by atoms with van der Waals surface area (Å²) < 4.78 is 0. The van der Waals surface area contributed by atoms with E-state index in [0.29, 0.717) is 6.54 Å². The molecule has 0 spiro atoms. The predicted molar refractivity (Wildman–Crippen MR) is 64.9 cm³/mol. The highest BCUT2D eigenvalue weighted by Crippen LogP contribution is 2.12. The molecule has 1 rings (SSSR count). The molecule has 0 aliphatic carbocycles. The second-order valence-electron chi connectivity index (χ2n) is 4.32. The highest BCUT2D eigenvalue weighted by atomic mass is 15.1. The van der Waals surface area contributed by atoms with E-state index in [0.717, 1.165) is 23.8 Å². The van der Waals surface area contributed by atoms with Crippen LogP contribution in [0.25, 0.3) is 0 Å². The summed E-state index contributed by atoms with van der Waals surface area (Å²) >= 11 is 0. The van der Waals surface area contributed by atoms with Gasteiger partial charge in [-0.3, -0.25) is 4.98 Å². The fraction of sp³-hybridized carbons (Fsp3) is 0.583. The smallest absolute Gasteiger partial charge is 0.0550 e. The first-order valence-corrected chi connectivity index (χ1v) is 5.49. The molecule has 2 N–H and O–H groups in total. The van der Waals surface area contributed by atoms with Crippen LogP contribution < -0.4 is 10.6 Å². The van der Waals surface area contributed by atoms with Crippen molar-refractivity contribution in [3.8, 4) is 0 Å². The van der Waals surface area contributed by atoms with Gasteiger partial charge in [-0.05, 0) is 24.5 Å². The maximum absolute atomic E-state index is 5.50. The lowest BCUT2D eigenvalue weighted by molar-refractivity contribution is 0.585. The number of hydrogen-bond donors (Lipinski definition) is 1. The van der Waals surface area contributed by atoms with E-state index in [1.54, 1.807) is 0 Å². The number of hydrogen-bond acceptors (Lipinski definition) is 3. The molecule has 0 aliphatic rings. The van der Waals surface area contributed by atoms with E-state index >= 15 is 0 Å². The Morgan fingerprint density at radius 2 is 2.13 bits per heavy atom. The minimum atomic E-state index is 0.510. The molecule has 0 saturated carbocycles. The molecule has 0 radical (unpaired) electrons. The van der Waals surface area contributed by atoms with Gasteiger partial charge in [-0.15, -0.1) is 0 Å². The second kappa shape index (κ2) is 5.71. The van der Waals surface area contributed by atoms with Crippen LogP contribution >= 0.6 is 0 Å². The lowest BCUT2D eigenvalue weighted by Gasteiger charge is -2.20. The molecule has 3 heteroatoms. The minimum Gasteiger partial charge on any atom is -0.373 e. The zero-order chi connectivity index (χ0) is 11.3. The van der Waals surface area contributed by atoms with Crippen molar-refractivity contribution in [2.24, 2.45) is 11.7 Å². The number of nitrogens with two attached hydrogens (primary N) is 1. The normalized spacial score (nSPS) is 10.7. The van der Waals surface area contributed by atoms with E-state index in [4.69, 9.17) is 5.73 Å². The van der Waals surface area contributed by atoms with E-state index in [9.17, 15) is 0 Å². The predicted octanol–water partition coefficient (Wildman–Crippen LogP) is 2.02. The van der Waals surface area contributed by atoms with Gasteiger partial charge in [0.2, 0.25) is 0 Å². The first kappa shape index (κ1) is 12.0. The Hall–Kier alpha value is -1.09. The molecule has 1 aromatic rings. The summed E-state index contributed by atoms with van der Waals surface area (Å²) in [4.78, 5) is 6.51. The molecule has 0 saturated heterocycles. The van der Waals surface area contributed by atoms with Crippen LogP contribution in [-0.4, -0.2) is 18.6 Å². The van der Waals surface area contributed by atoms with Gasteiger partial charge in [-0.1, -0.05) is 13.8 Å². The number of pyridine rings is 1. The Labute approximate surface area is 92.3 Å². The van der Waals surface area contributed by atoms with Gasteiger partial charge >= 0.3 is 0 Å². The molecule has 0 atom stereocenters. The van der Waals surface area contributed by atoms with Crippen LogP contribution in [0.5, 0.6) is 0 Å².